The molecule has 0 amide bonds. The van der Waals surface area contributed by atoms with Gasteiger partial charge in [0.1, 0.15) is 0 Å². The summed E-state index contributed by atoms with van der Waals surface area (Å²) in [5.41, 5.74) is 20.6. The fourth-order valence-corrected chi connectivity index (χ4v) is 17.3. The molecule has 97 heavy (non-hydrogen) atoms. The smallest absolute Gasteiger partial charge is 0.235 e. The highest BCUT2D eigenvalue weighted by atomic mass is 79.9. The Hall–Kier alpha value is -11.5. The molecule has 0 unspecified atom stereocenters. The number of thiophene rings is 2. The van der Waals surface area contributed by atoms with Gasteiger partial charge in [-0.25, -0.2) is 19.9 Å². The number of rotatable bonds is 7. The van der Waals surface area contributed by atoms with E-state index in [1.54, 1.807) is 0 Å². The average Bonchev–Trinajstić information content (AvgIpc) is 1.55. The Kier molecular flexibility index (Phi) is 14.8. The van der Waals surface area contributed by atoms with E-state index in [4.69, 9.17) is 9.97 Å². The summed E-state index contributed by atoms with van der Waals surface area (Å²) >= 11 is 7.25. The molecule has 5 aromatic heterocycles. The summed E-state index contributed by atoms with van der Waals surface area (Å²) in [5, 5.41) is 13.1. The van der Waals surface area contributed by atoms with Crippen LogP contribution in [0.3, 0.4) is 0 Å². The summed E-state index contributed by atoms with van der Waals surface area (Å²) < 4.78 is 8.31. The highest BCUT2D eigenvalue weighted by Crippen LogP contribution is 2.51. The molecule has 0 aliphatic heterocycles. The molecule has 456 valence electrons. The number of fused-ring (bicyclic) bond motifs is 20. The maximum atomic E-state index is 5.41. The van der Waals surface area contributed by atoms with Crippen LogP contribution in [0.25, 0.3) is 168 Å². The van der Waals surface area contributed by atoms with Crippen LogP contribution in [0.2, 0.25) is 0 Å². The number of nitrogens with zero attached hydrogens (tertiary/aromatic N) is 5. The van der Waals surface area contributed by atoms with Crippen LogP contribution in [0.1, 0.15) is 11.1 Å². The lowest BCUT2D eigenvalue weighted by atomic mass is 9.94. The number of halogens is 1. The molecule has 19 aromatic rings. The van der Waals surface area contributed by atoms with E-state index in [1.807, 2.05) is 59.1 Å². The van der Waals surface area contributed by atoms with E-state index in [1.165, 1.54) is 112 Å². The van der Waals surface area contributed by atoms with Gasteiger partial charge >= 0.3 is 0 Å². The molecular weight excluding hydrogens is 1280 g/mol. The zero-order chi connectivity index (χ0) is 64.3. The van der Waals surface area contributed by atoms with Gasteiger partial charge in [0.2, 0.25) is 5.95 Å². The van der Waals surface area contributed by atoms with Crippen molar-refractivity contribution >= 4 is 122 Å². The Morgan fingerprint density at radius 1 is 0.299 bits per heavy atom. The average molecular weight is 1340 g/mol. The molecule has 0 atom stereocenters. The summed E-state index contributed by atoms with van der Waals surface area (Å²) in [6.45, 7) is 0. The van der Waals surface area contributed by atoms with E-state index in [0.29, 0.717) is 10.7 Å². The van der Waals surface area contributed by atoms with Crippen molar-refractivity contribution in [2.24, 2.45) is 0 Å². The lowest BCUT2D eigenvalue weighted by Crippen LogP contribution is -2.04. The number of hydrogen-bond donors (Lipinski definition) is 0. The van der Waals surface area contributed by atoms with E-state index in [9.17, 15) is 0 Å². The molecule has 0 N–H and O–H groups in total. The first-order valence-corrected chi connectivity index (χ1v) is 35.0. The van der Waals surface area contributed by atoms with Crippen LogP contribution in [0.5, 0.6) is 0 Å². The third kappa shape index (κ3) is 10.5. The second kappa shape index (κ2) is 24.7. The highest BCUT2D eigenvalue weighted by molar-refractivity contribution is 9.10. The SMILES string of the molecule is Brc1nc(-c2ccccc2)cc(-c2cccc(-c3ccccc3)c2)n1.c1ccc(-c2cccc(-c3cc(-c4ccccc4)nc(-n4c5ccccc5c5c6ccccc6c6sc7ccccc7c6c54)n3)c2)cc1.c1ccc2c(c1)Cc1c-2c2ccccc2c2sc3ccccc3c12. The lowest BCUT2D eigenvalue weighted by molar-refractivity contribution is 0.998. The van der Waals surface area contributed by atoms with E-state index in [2.05, 4.69) is 322 Å². The molecule has 0 radical (unpaired) electrons. The first-order valence-electron chi connectivity index (χ1n) is 32.6. The van der Waals surface area contributed by atoms with Gasteiger partial charge in [0.05, 0.1) is 33.8 Å². The maximum Gasteiger partial charge on any atom is 0.235 e. The Morgan fingerprint density at radius 3 is 1.29 bits per heavy atom. The lowest BCUT2D eigenvalue weighted by Gasteiger charge is -2.13. The van der Waals surface area contributed by atoms with Crippen LogP contribution in [-0.2, 0) is 6.42 Å². The van der Waals surface area contributed by atoms with Crippen LogP contribution < -0.4 is 0 Å². The monoisotopic (exact) mass is 1340 g/mol. The largest absolute Gasteiger partial charge is 0.277 e. The van der Waals surface area contributed by atoms with Crippen molar-refractivity contribution in [3.63, 3.8) is 0 Å². The number of para-hydroxylation sites is 1. The molecule has 5 nitrogen and oxygen atoms in total. The van der Waals surface area contributed by atoms with Crippen LogP contribution in [0.15, 0.2) is 332 Å². The Labute approximate surface area is 576 Å². The Bertz CT molecular complexity index is 6240. The molecule has 0 saturated heterocycles. The minimum absolute atomic E-state index is 0.592. The minimum atomic E-state index is 0.592. The molecule has 0 bridgehead atoms. The van der Waals surface area contributed by atoms with Crippen molar-refractivity contribution < 1.29 is 0 Å². The number of benzene rings is 14. The summed E-state index contributed by atoms with van der Waals surface area (Å²) in [4.78, 5) is 19.9. The fourth-order valence-electron chi connectivity index (χ4n) is 14.4. The van der Waals surface area contributed by atoms with Gasteiger partial charge < -0.3 is 0 Å². The number of hydrogen-bond acceptors (Lipinski definition) is 6. The van der Waals surface area contributed by atoms with Gasteiger partial charge in [-0.2, -0.15) is 0 Å². The third-order valence-electron chi connectivity index (χ3n) is 18.7. The van der Waals surface area contributed by atoms with Crippen molar-refractivity contribution in [1.82, 2.24) is 24.5 Å². The van der Waals surface area contributed by atoms with Gasteiger partial charge in [-0.3, -0.25) is 4.57 Å². The predicted octanol–water partition coefficient (Wildman–Crippen LogP) is 25.1. The summed E-state index contributed by atoms with van der Waals surface area (Å²) in [7, 11) is 0. The molecule has 1 aliphatic rings. The Morgan fingerprint density at radius 2 is 0.701 bits per heavy atom. The molecule has 0 saturated carbocycles. The number of aromatic nitrogens is 5. The van der Waals surface area contributed by atoms with Gasteiger partial charge in [0.25, 0.3) is 0 Å². The van der Waals surface area contributed by atoms with E-state index in [0.717, 1.165) is 68.0 Å². The minimum Gasteiger partial charge on any atom is -0.277 e. The van der Waals surface area contributed by atoms with E-state index in [-0.39, 0.29) is 0 Å². The van der Waals surface area contributed by atoms with Crippen LogP contribution in [-0.4, -0.2) is 24.5 Å². The van der Waals surface area contributed by atoms with Crippen molar-refractivity contribution in [3.05, 3.63) is 343 Å². The maximum absolute atomic E-state index is 5.41. The zero-order valence-corrected chi connectivity index (χ0v) is 55.5. The van der Waals surface area contributed by atoms with Gasteiger partial charge in [-0.15, -0.1) is 22.7 Å². The molecule has 14 aromatic carbocycles. The quantitative estimate of drug-likeness (QED) is 0.149. The summed E-state index contributed by atoms with van der Waals surface area (Å²) in [5.74, 6) is 0.662. The zero-order valence-electron chi connectivity index (χ0n) is 52.3. The highest BCUT2D eigenvalue weighted by Gasteiger charge is 2.27. The van der Waals surface area contributed by atoms with E-state index >= 15 is 0 Å². The van der Waals surface area contributed by atoms with Crippen LogP contribution in [0, 0.1) is 0 Å². The second-order valence-electron chi connectivity index (χ2n) is 24.4. The molecule has 0 fully saturated rings. The fraction of sp³-hybridized carbons (Fsp3) is 0.0112. The Balaban J connectivity index is 0.000000117. The summed E-state index contributed by atoms with van der Waals surface area (Å²) in [6, 6.07) is 116. The molecular formula is C89H56BrN5S2. The molecule has 8 heteroatoms. The first kappa shape index (κ1) is 58.1. The topological polar surface area (TPSA) is 56.5 Å². The van der Waals surface area contributed by atoms with Gasteiger partial charge in [-0.05, 0) is 120 Å². The van der Waals surface area contributed by atoms with Gasteiger partial charge in [0.15, 0.2) is 4.73 Å². The first-order chi connectivity index (χ1) is 48.0. The normalized spacial score (nSPS) is 11.7. The summed E-state index contributed by atoms with van der Waals surface area (Å²) in [6.07, 6.45) is 1.05. The van der Waals surface area contributed by atoms with Crippen molar-refractivity contribution in [3.8, 4) is 84.4 Å². The van der Waals surface area contributed by atoms with Crippen LogP contribution in [0.4, 0.5) is 0 Å². The van der Waals surface area contributed by atoms with E-state index < -0.39 is 0 Å². The molecule has 20 rings (SSSR count). The molecule has 0 spiro atoms. The van der Waals surface area contributed by atoms with Gasteiger partial charge in [-0.1, -0.05) is 285 Å². The third-order valence-corrected chi connectivity index (χ3v) is 21.5. The molecule has 5 heterocycles. The molecule has 1 aliphatic carbocycles. The van der Waals surface area contributed by atoms with Crippen LogP contribution >= 0.6 is 38.6 Å². The van der Waals surface area contributed by atoms with Crippen molar-refractivity contribution in [2.45, 2.75) is 6.42 Å². The van der Waals surface area contributed by atoms with Crippen molar-refractivity contribution in [1.29, 1.82) is 0 Å². The van der Waals surface area contributed by atoms with Gasteiger partial charge in [0, 0.05) is 84.1 Å². The second-order valence-corrected chi connectivity index (χ2v) is 27.2. The predicted molar refractivity (Wildman–Crippen MR) is 414 cm³/mol. The standard InChI is InChI=1S/C44H27N3S.C23H14S.C22H15BrN2/c1-3-14-28(15-4-1)30-18-13-19-31(26-30)37-27-36(29-16-5-2-6-17-29)45-44(46-37)47-38-24-11-9-22-34(38)40-32-20-7-8-21-33(32)43-41(42(40)47)35-23-10-12-25-39(35)48-43;1-2-8-15-14(7-1)13-19-21(15)16-9-3-4-10-17(16)23-22(19)18-11-5-6-12-20(18)24-23;23-22-24-20(17-10-5-2-6-11-17)15-21(25-22)19-13-7-12-18(14-19)16-8-3-1-4-9-16/h1-27H;1-12H,13H2;1-15H. The van der Waals surface area contributed by atoms with Crippen molar-refractivity contribution in [2.75, 3.05) is 0 Å².